The van der Waals surface area contributed by atoms with Crippen LogP contribution in [0.15, 0.2) is 97.2 Å². The second kappa shape index (κ2) is 16.6. The van der Waals surface area contributed by atoms with Crippen LogP contribution < -0.4 is 22.1 Å². The Morgan fingerprint density at radius 1 is 0.830 bits per heavy atom. The Labute approximate surface area is 317 Å². The van der Waals surface area contributed by atoms with Gasteiger partial charge in [0.2, 0.25) is 17.5 Å². The summed E-state index contributed by atoms with van der Waals surface area (Å²) in [6, 6.07) is 24.9. The van der Waals surface area contributed by atoms with Crippen LogP contribution in [0.3, 0.4) is 0 Å². The van der Waals surface area contributed by atoms with Crippen LogP contribution in [0.4, 0.5) is 5.82 Å². The van der Waals surface area contributed by atoms with Gasteiger partial charge < -0.3 is 31.6 Å². The van der Waals surface area contributed by atoms with E-state index in [-0.39, 0.29) is 31.0 Å². The fourth-order valence-corrected chi connectivity index (χ4v) is 6.95. The maximum atomic E-state index is 14.3. The van der Waals surface area contributed by atoms with Crippen molar-refractivity contribution in [2.24, 2.45) is 5.73 Å². The van der Waals surface area contributed by atoms with E-state index in [1.807, 2.05) is 79.8 Å². The molecule has 2 amide bonds. The number of ketones is 1. The molecular formula is C40H40Cl2N8O3. The molecule has 6 N–H and O–H groups in total. The number of hydrogen-bond acceptors (Lipinski definition) is 8. The number of halogens is 2. The number of fused-ring (bicyclic) bond motifs is 3. The first-order valence-electron chi connectivity index (χ1n) is 17.1. The molecule has 2 heterocycles. The van der Waals surface area contributed by atoms with Gasteiger partial charge in [0.05, 0.1) is 23.5 Å². The lowest BCUT2D eigenvalue weighted by molar-refractivity contribution is -0.123. The third-order valence-corrected chi connectivity index (χ3v) is 9.65. The fourth-order valence-electron chi connectivity index (χ4n) is 6.44. The summed E-state index contributed by atoms with van der Waals surface area (Å²) in [5.74, 6) is -1.54. The molecule has 0 spiro atoms. The quantitative estimate of drug-likeness (QED) is 0.104. The molecule has 0 aliphatic carbocycles. The molecule has 0 aliphatic rings. The van der Waals surface area contributed by atoms with Gasteiger partial charge in [0.1, 0.15) is 11.9 Å². The molecule has 0 bridgehead atoms. The van der Waals surface area contributed by atoms with Gasteiger partial charge in [0.25, 0.3) is 5.91 Å². The summed E-state index contributed by atoms with van der Waals surface area (Å²) in [6.07, 6.45) is 2.35. The van der Waals surface area contributed by atoms with E-state index in [1.165, 1.54) is 0 Å². The van der Waals surface area contributed by atoms with Crippen LogP contribution in [0, 0.1) is 0 Å². The van der Waals surface area contributed by atoms with Gasteiger partial charge in [-0.2, -0.15) is 0 Å². The maximum absolute atomic E-state index is 14.3. The van der Waals surface area contributed by atoms with Crippen molar-refractivity contribution in [1.82, 2.24) is 30.1 Å². The van der Waals surface area contributed by atoms with E-state index in [0.717, 1.165) is 27.6 Å². The zero-order chi connectivity index (χ0) is 37.6. The van der Waals surface area contributed by atoms with Gasteiger partial charge in [-0.1, -0.05) is 77.8 Å². The molecule has 11 nitrogen and oxygen atoms in total. The summed E-state index contributed by atoms with van der Waals surface area (Å²) >= 11 is 13.1. The molecule has 13 heteroatoms. The number of carbonyl (C=O) groups excluding carboxylic acids is 3. The molecule has 0 saturated heterocycles. The SMILES string of the molecule is CN(C)Cc1cn(Cc2c(Cl)cccc2Cl)c2ccc3nc(C(=O)C(Cc4ccccc4)NC(=O)C(CCN)NC(=O)c4ccccc4)nc(N)c3c12. The number of amides is 2. The van der Waals surface area contributed by atoms with Crippen molar-refractivity contribution in [2.75, 3.05) is 26.4 Å². The normalized spacial score (nSPS) is 12.6. The topological polar surface area (TPSA) is 161 Å². The first-order valence-corrected chi connectivity index (χ1v) is 17.9. The standard InChI is InChI=1S/C40H40Cl2N8O3/c1-49(2)21-26-22-50(23-27-28(41)14-9-15-29(27)42)33-17-16-30-35(34(26)33)37(44)48-38(45-30)36(51)32(20-24-10-5-3-6-11-24)47-40(53)31(18-19-43)46-39(52)25-12-7-4-8-13-25/h3-17,22,31-32H,18-21,23,43H2,1-2H3,(H,46,52)(H,47,53)(H2,44,45,48). The number of benzene rings is 4. The van der Waals surface area contributed by atoms with Crippen molar-refractivity contribution in [2.45, 2.75) is 38.0 Å². The van der Waals surface area contributed by atoms with Gasteiger partial charge in [-0.05, 0) is 74.6 Å². The van der Waals surface area contributed by atoms with Crippen LogP contribution in [0.1, 0.15) is 44.1 Å². The zero-order valence-electron chi connectivity index (χ0n) is 29.4. The molecule has 0 saturated carbocycles. The van der Waals surface area contributed by atoms with Crippen molar-refractivity contribution < 1.29 is 14.4 Å². The van der Waals surface area contributed by atoms with Crippen molar-refractivity contribution in [3.63, 3.8) is 0 Å². The number of nitrogen functional groups attached to an aromatic ring is 1. The molecule has 4 aromatic carbocycles. The molecular weight excluding hydrogens is 711 g/mol. The van der Waals surface area contributed by atoms with Crippen molar-refractivity contribution >= 4 is 68.4 Å². The second-order valence-electron chi connectivity index (χ2n) is 13.1. The molecule has 0 fully saturated rings. The number of nitrogens with one attached hydrogen (secondary N) is 2. The number of nitrogens with two attached hydrogens (primary N) is 2. The minimum Gasteiger partial charge on any atom is -0.383 e. The van der Waals surface area contributed by atoms with Gasteiger partial charge in [0, 0.05) is 51.2 Å². The number of anilines is 1. The Bertz CT molecular complexity index is 2260. The predicted octanol–water partition coefficient (Wildman–Crippen LogP) is 5.64. The van der Waals surface area contributed by atoms with E-state index >= 15 is 0 Å². The highest BCUT2D eigenvalue weighted by Crippen LogP contribution is 2.35. The Balaban J connectivity index is 1.36. The largest absolute Gasteiger partial charge is 0.383 e. The predicted molar refractivity (Wildman–Crippen MR) is 210 cm³/mol. The van der Waals surface area contributed by atoms with E-state index < -0.39 is 29.7 Å². The summed E-state index contributed by atoms with van der Waals surface area (Å²) in [5, 5.41) is 8.20. The van der Waals surface area contributed by atoms with E-state index in [0.29, 0.717) is 39.6 Å². The highest BCUT2D eigenvalue weighted by molar-refractivity contribution is 6.36. The third kappa shape index (κ3) is 8.50. The molecule has 6 aromatic rings. The average Bonchev–Trinajstić information content (AvgIpc) is 3.48. The molecule has 53 heavy (non-hydrogen) atoms. The summed E-state index contributed by atoms with van der Waals surface area (Å²) in [5.41, 5.74) is 16.9. The van der Waals surface area contributed by atoms with E-state index in [2.05, 4.69) is 20.2 Å². The van der Waals surface area contributed by atoms with Crippen molar-refractivity contribution in [3.8, 4) is 0 Å². The summed E-state index contributed by atoms with van der Waals surface area (Å²) in [4.78, 5) is 52.3. The van der Waals surface area contributed by atoms with E-state index in [9.17, 15) is 14.4 Å². The fraction of sp³-hybridized carbons (Fsp3) is 0.225. The van der Waals surface area contributed by atoms with Crippen LogP contribution in [-0.4, -0.2) is 69.8 Å². The van der Waals surface area contributed by atoms with Crippen LogP contribution in [0.25, 0.3) is 21.8 Å². The van der Waals surface area contributed by atoms with E-state index in [4.69, 9.17) is 39.7 Å². The number of carbonyl (C=O) groups is 3. The first kappa shape index (κ1) is 37.4. The number of Topliss-reactive ketones (excluding diaryl/α,β-unsaturated/α-hetero) is 1. The number of nitrogens with zero attached hydrogens (tertiary/aromatic N) is 4. The Kier molecular flexibility index (Phi) is 11.7. The lowest BCUT2D eigenvalue weighted by Crippen LogP contribution is -2.53. The minimum absolute atomic E-state index is 0.124. The summed E-state index contributed by atoms with van der Waals surface area (Å²) in [7, 11) is 3.95. The lowest BCUT2D eigenvalue weighted by atomic mass is 10.0. The number of aromatic nitrogens is 3. The smallest absolute Gasteiger partial charge is 0.251 e. The minimum atomic E-state index is -1.08. The zero-order valence-corrected chi connectivity index (χ0v) is 30.9. The van der Waals surface area contributed by atoms with Crippen molar-refractivity contribution in [1.29, 1.82) is 0 Å². The molecule has 2 atom stereocenters. The molecule has 272 valence electrons. The van der Waals surface area contributed by atoms with Crippen LogP contribution in [0.5, 0.6) is 0 Å². The highest BCUT2D eigenvalue weighted by Gasteiger charge is 2.30. The van der Waals surface area contributed by atoms with Gasteiger partial charge in [-0.25, -0.2) is 9.97 Å². The van der Waals surface area contributed by atoms with Gasteiger partial charge in [-0.15, -0.1) is 0 Å². The van der Waals surface area contributed by atoms with Crippen LogP contribution in [-0.2, 0) is 24.3 Å². The van der Waals surface area contributed by atoms with E-state index in [1.54, 1.807) is 36.4 Å². The summed E-state index contributed by atoms with van der Waals surface area (Å²) < 4.78 is 2.07. The van der Waals surface area contributed by atoms with Gasteiger partial charge in [0.15, 0.2) is 0 Å². The third-order valence-electron chi connectivity index (χ3n) is 8.94. The molecule has 2 unspecified atom stereocenters. The molecule has 6 rings (SSSR count). The first-order chi connectivity index (χ1) is 25.5. The molecule has 2 aromatic heterocycles. The van der Waals surface area contributed by atoms with Gasteiger partial charge >= 0.3 is 0 Å². The highest BCUT2D eigenvalue weighted by atomic mass is 35.5. The maximum Gasteiger partial charge on any atom is 0.251 e. The second-order valence-corrected chi connectivity index (χ2v) is 13.9. The Morgan fingerprint density at radius 3 is 2.17 bits per heavy atom. The number of rotatable bonds is 14. The average molecular weight is 752 g/mol. The number of hydrogen-bond donors (Lipinski definition) is 4. The van der Waals surface area contributed by atoms with Crippen LogP contribution in [0.2, 0.25) is 10.0 Å². The monoisotopic (exact) mass is 750 g/mol. The Morgan fingerprint density at radius 2 is 1.51 bits per heavy atom. The molecule has 0 aliphatic heterocycles. The van der Waals surface area contributed by atoms with Crippen molar-refractivity contribution in [3.05, 3.63) is 135 Å². The van der Waals surface area contributed by atoms with Crippen LogP contribution >= 0.6 is 23.2 Å². The molecule has 0 radical (unpaired) electrons. The lowest BCUT2D eigenvalue weighted by Gasteiger charge is -2.23. The van der Waals surface area contributed by atoms with Gasteiger partial charge in [-0.3, -0.25) is 14.4 Å². The Hall–Kier alpha value is -5.33. The summed E-state index contributed by atoms with van der Waals surface area (Å²) in [6.45, 7) is 1.14.